The van der Waals surface area contributed by atoms with Gasteiger partial charge < -0.3 is 9.47 Å². The summed E-state index contributed by atoms with van der Waals surface area (Å²) >= 11 is 0. The number of rotatable bonds is 4. The molecule has 0 N–H and O–H groups in total. The molecule has 1 aromatic heterocycles. The van der Waals surface area contributed by atoms with Crippen LogP contribution in [0.15, 0.2) is 66.9 Å². The molecular formula is C21H18N2O4. The molecule has 0 spiro atoms. The molecule has 6 heteroatoms. The van der Waals surface area contributed by atoms with E-state index in [0.29, 0.717) is 17.5 Å². The second kappa shape index (κ2) is 7.07. The molecule has 2 aromatic carbocycles. The summed E-state index contributed by atoms with van der Waals surface area (Å²) in [5.74, 6) is 2.12. The van der Waals surface area contributed by atoms with Gasteiger partial charge in [-0.2, -0.15) is 0 Å². The van der Waals surface area contributed by atoms with E-state index in [9.17, 15) is 10.1 Å². The predicted molar refractivity (Wildman–Crippen MR) is 100 cm³/mol. The molecule has 3 aromatic rings. The standard InChI is InChI=1S/C21H18N2O4/c1-14-11-16-12-18(26-20-10-7-17(13-22-20)23(24)25)8-9-19(16)27-21(14)15-5-3-2-4-6-15/h2-10,12-14,21H,11H2,1H3. The molecule has 0 aliphatic carbocycles. The van der Waals surface area contributed by atoms with Crippen LogP contribution in [0.1, 0.15) is 24.2 Å². The van der Waals surface area contributed by atoms with E-state index in [2.05, 4.69) is 24.0 Å². The molecule has 0 amide bonds. The van der Waals surface area contributed by atoms with Crippen LogP contribution in [0.25, 0.3) is 0 Å². The van der Waals surface area contributed by atoms with E-state index >= 15 is 0 Å². The fraction of sp³-hybridized carbons (Fsp3) is 0.190. The maximum atomic E-state index is 10.7. The largest absolute Gasteiger partial charge is 0.485 e. The summed E-state index contributed by atoms with van der Waals surface area (Å²) in [6.45, 7) is 2.17. The van der Waals surface area contributed by atoms with Crippen LogP contribution < -0.4 is 9.47 Å². The first kappa shape index (κ1) is 17.0. The quantitative estimate of drug-likeness (QED) is 0.477. The molecule has 0 saturated carbocycles. The molecule has 0 bridgehead atoms. The number of hydrogen-bond acceptors (Lipinski definition) is 5. The van der Waals surface area contributed by atoms with Gasteiger partial charge in [-0.15, -0.1) is 0 Å². The Labute approximate surface area is 156 Å². The van der Waals surface area contributed by atoms with Crippen molar-refractivity contribution in [1.29, 1.82) is 0 Å². The number of pyridine rings is 1. The maximum Gasteiger partial charge on any atom is 0.287 e. The maximum absolute atomic E-state index is 10.7. The summed E-state index contributed by atoms with van der Waals surface area (Å²) in [6, 6.07) is 18.7. The molecule has 1 aliphatic rings. The average molecular weight is 362 g/mol. The molecule has 4 rings (SSSR count). The molecule has 0 radical (unpaired) electrons. The van der Waals surface area contributed by atoms with Crippen molar-refractivity contribution in [2.75, 3.05) is 0 Å². The molecule has 2 heterocycles. The monoisotopic (exact) mass is 362 g/mol. The van der Waals surface area contributed by atoms with Crippen LogP contribution >= 0.6 is 0 Å². The van der Waals surface area contributed by atoms with E-state index in [1.54, 1.807) is 0 Å². The number of benzene rings is 2. The number of hydrogen-bond donors (Lipinski definition) is 0. The van der Waals surface area contributed by atoms with E-state index < -0.39 is 4.92 Å². The summed E-state index contributed by atoms with van der Waals surface area (Å²) in [6.07, 6.45) is 2.09. The highest BCUT2D eigenvalue weighted by atomic mass is 16.6. The second-order valence-electron chi connectivity index (χ2n) is 6.61. The third-order valence-corrected chi connectivity index (χ3v) is 4.63. The van der Waals surface area contributed by atoms with Crippen molar-refractivity contribution < 1.29 is 14.4 Å². The van der Waals surface area contributed by atoms with Crippen LogP contribution in [0.3, 0.4) is 0 Å². The van der Waals surface area contributed by atoms with E-state index in [4.69, 9.17) is 9.47 Å². The molecule has 1 aliphatic heterocycles. The third kappa shape index (κ3) is 3.60. The lowest BCUT2D eigenvalue weighted by atomic mass is 9.88. The van der Waals surface area contributed by atoms with Gasteiger partial charge in [0.25, 0.3) is 5.69 Å². The Morgan fingerprint density at radius 1 is 1.15 bits per heavy atom. The second-order valence-corrected chi connectivity index (χ2v) is 6.61. The fourth-order valence-corrected chi connectivity index (χ4v) is 3.30. The minimum absolute atomic E-state index is 0.0295. The number of ether oxygens (including phenoxy) is 2. The van der Waals surface area contributed by atoms with Crippen LogP contribution in [0.4, 0.5) is 5.69 Å². The molecule has 2 atom stereocenters. The first-order chi connectivity index (χ1) is 13.1. The minimum atomic E-state index is -0.489. The summed E-state index contributed by atoms with van der Waals surface area (Å²) in [4.78, 5) is 14.2. The van der Waals surface area contributed by atoms with Gasteiger partial charge in [-0.25, -0.2) is 4.98 Å². The Hall–Kier alpha value is -3.41. The molecule has 0 saturated heterocycles. The number of aromatic nitrogens is 1. The zero-order valence-electron chi connectivity index (χ0n) is 14.7. The van der Waals surface area contributed by atoms with Crippen LogP contribution in [0, 0.1) is 16.0 Å². The summed E-state index contributed by atoms with van der Waals surface area (Å²) < 4.78 is 12.0. The Morgan fingerprint density at radius 3 is 2.67 bits per heavy atom. The summed E-state index contributed by atoms with van der Waals surface area (Å²) in [5, 5.41) is 10.7. The van der Waals surface area contributed by atoms with E-state index in [-0.39, 0.29) is 11.8 Å². The first-order valence-electron chi connectivity index (χ1n) is 8.73. The molecule has 136 valence electrons. The van der Waals surface area contributed by atoms with Crippen molar-refractivity contribution in [3.63, 3.8) is 0 Å². The number of nitrogens with zero attached hydrogens (tertiary/aromatic N) is 2. The lowest BCUT2D eigenvalue weighted by Crippen LogP contribution is -2.23. The van der Waals surface area contributed by atoms with Crippen LogP contribution in [-0.2, 0) is 6.42 Å². The van der Waals surface area contributed by atoms with Crippen molar-refractivity contribution in [3.05, 3.63) is 88.1 Å². The summed E-state index contributed by atoms with van der Waals surface area (Å²) in [5.41, 5.74) is 2.18. The Morgan fingerprint density at radius 2 is 1.96 bits per heavy atom. The Kier molecular flexibility index (Phi) is 4.46. The van der Waals surface area contributed by atoms with Crippen molar-refractivity contribution in [2.45, 2.75) is 19.4 Å². The molecule has 2 unspecified atom stereocenters. The molecule has 6 nitrogen and oxygen atoms in total. The average Bonchev–Trinajstić information content (AvgIpc) is 2.68. The SMILES string of the molecule is CC1Cc2cc(Oc3ccc([N+](=O)[O-])cn3)ccc2OC1c1ccccc1. The van der Waals surface area contributed by atoms with Crippen molar-refractivity contribution in [2.24, 2.45) is 5.92 Å². The van der Waals surface area contributed by atoms with Gasteiger partial charge in [0.05, 0.1) is 4.92 Å². The van der Waals surface area contributed by atoms with E-state index in [1.807, 2.05) is 36.4 Å². The minimum Gasteiger partial charge on any atom is -0.485 e. The van der Waals surface area contributed by atoms with E-state index in [0.717, 1.165) is 17.7 Å². The van der Waals surface area contributed by atoms with Gasteiger partial charge in [-0.3, -0.25) is 10.1 Å². The van der Waals surface area contributed by atoms with Gasteiger partial charge in [0.2, 0.25) is 5.88 Å². The van der Waals surface area contributed by atoms with Crippen molar-refractivity contribution in [3.8, 4) is 17.4 Å². The first-order valence-corrected chi connectivity index (χ1v) is 8.73. The zero-order valence-corrected chi connectivity index (χ0v) is 14.7. The van der Waals surface area contributed by atoms with Gasteiger partial charge in [0.1, 0.15) is 23.8 Å². The Bertz CT molecular complexity index is 958. The van der Waals surface area contributed by atoms with Gasteiger partial charge in [-0.1, -0.05) is 37.3 Å². The normalized spacial score (nSPS) is 18.3. The van der Waals surface area contributed by atoms with Gasteiger partial charge in [-0.05, 0) is 35.7 Å². The summed E-state index contributed by atoms with van der Waals surface area (Å²) in [7, 11) is 0. The van der Waals surface area contributed by atoms with Crippen molar-refractivity contribution in [1.82, 2.24) is 4.98 Å². The smallest absolute Gasteiger partial charge is 0.287 e. The number of fused-ring (bicyclic) bond motifs is 1. The van der Waals surface area contributed by atoms with Crippen molar-refractivity contribution >= 4 is 5.69 Å². The highest BCUT2D eigenvalue weighted by Gasteiger charge is 2.28. The third-order valence-electron chi connectivity index (χ3n) is 4.63. The predicted octanol–water partition coefficient (Wildman–Crippen LogP) is 5.09. The molecule has 0 fully saturated rings. The van der Waals surface area contributed by atoms with E-state index in [1.165, 1.54) is 23.9 Å². The van der Waals surface area contributed by atoms with Gasteiger partial charge >= 0.3 is 0 Å². The van der Waals surface area contributed by atoms with Crippen LogP contribution in [0.5, 0.6) is 17.4 Å². The van der Waals surface area contributed by atoms with Crippen LogP contribution in [0.2, 0.25) is 0 Å². The van der Waals surface area contributed by atoms with Gasteiger partial charge in [0.15, 0.2) is 0 Å². The molecule has 27 heavy (non-hydrogen) atoms. The molecular weight excluding hydrogens is 344 g/mol. The highest BCUT2D eigenvalue weighted by Crippen LogP contribution is 2.40. The topological polar surface area (TPSA) is 74.5 Å². The number of nitro groups is 1. The lowest BCUT2D eigenvalue weighted by molar-refractivity contribution is -0.385. The fourth-order valence-electron chi connectivity index (χ4n) is 3.30. The highest BCUT2D eigenvalue weighted by molar-refractivity contribution is 5.44. The lowest BCUT2D eigenvalue weighted by Gasteiger charge is -2.32. The van der Waals surface area contributed by atoms with Gasteiger partial charge in [0, 0.05) is 18.1 Å². The van der Waals surface area contributed by atoms with Crippen LogP contribution in [-0.4, -0.2) is 9.91 Å². The Balaban J connectivity index is 1.53. The zero-order chi connectivity index (χ0) is 18.8.